The molecule has 1 saturated carbocycles. The van der Waals surface area contributed by atoms with Gasteiger partial charge in [0.1, 0.15) is 29.9 Å². The van der Waals surface area contributed by atoms with Crippen LogP contribution < -0.4 is 9.47 Å². The van der Waals surface area contributed by atoms with Crippen LogP contribution in [0.4, 0.5) is 11.4 Å². The molecule has 1 heterocycles. The molecule has 67 heavy (non-hydrogen) atoms. The number of rotatable bonds is 22. The van der Waals surface area contributed by atoms with E-state index in [1.165, 1.54) is 24.3 Å². The maximum absolute atomic E-state index is 15.0. The highest BCUT2D eigenvalue weighted by Gasteiger charge is 2.65. The molecule has 350 valence electrons. The predicted octanol–water partition coefficient (Wildman–Crippen LogP) is 9.55. The van der Waals surface area contributed by atoms with Crippen LogP contribution in [-0.4, -0.2) is 74.8 Å². The molecule has 0 saturated heterocycles. The van der Waals surface area contributed by atoms with Gasteiger partial charge in [0.25, 0.3) is 17.3 Å². The van der Waals surface area contributed by atoms with Crippen LogP contribution in [0.3, 0.4) is 0 Å². The van der Waals surface area contributed by atoms with Gasteiger partial charge in [-0.25, -0.2) is 0 Å². The molecule has 0 unspecified atom stereocenters. The number of carbonyl (C=O) groups is 1. The number of unbranched alkanes of at least 4 members (excludes halogenated alkanes) is 2. The molecule has 0 aromatic heterocycles. The van der Waals surface area contributed by atoms with Gasteiger partial charge in [-0.05, 0) is 116 Å². The van der Waals surface area contributed by atoms with Gasteiger partial charge in [-0.15, -0.1) is 6.58 Å². The van der Waals surface area contributed by atoms with Crippen molar-refractivity contribution in [1.82, 2.24) is 4.90 Å². The summed E-state index contributed by atoms with van der Waals surface area (Å²) in [6, 6.07) is 25.2. The maximum Gasteiger partial charge on any atom is 0.273 e. The molecule has 16 nitrogen and oxygen atoms in total. The summed E-state index contributed by atoms with van der Waals surface area (Å²) in [7, 11) is 0. The molecular weight excluding hydrogens is 859 g/mol. The van der Waals surface area contributed by atoms with Crippen molar-refractivity contribution in [2.75, 3.05) is 26.4 Å². The number of nitro benzene ring substituents is 2. The minimum Gasteiger partial charge on any atom is -0.459 e. The number of nitro groups is 2. The third kappa shape index (κ3) is 10.5. The van der Waals surface area contributed by atoms with E-state index in [-0.39, 0.29) is 73.6 Å². The molecule has 0 radical (unpaired) electrons. The number of hydrogen-bond donors (Lipinski definition) is 2. The van der Waals surface area contributed by atoms with Gasteiger partial charge in [-0.2, -0.15) is 5.26 Å². The summed E-state index contributed by atoms with van der Waals surface area (Å²) in [5, 5.41) is 57.4. The number of nitriles is 1. The zero-order valence-electron chi connectivity index (χ0n) is 37.4. The van der Waals surface area contributed by atoms with Gasteiger partial charge in [0.15, 0.2) is 0 Å². The molecular formula is C51H55N5O11. The standard InChI is InChI=1S/C51H55N5O11/c1-3-24-54(50(59)36-18-14-34(32-52)15-19-36)47-31-45(53-65-33-35-16-20-38(21-17-35)55(60)61)43-28-37(10-5-7-25-57)42(13-6-8-26-58)48-44-30-41(66-40-12-9-11-39(29-40)56(62)63)22-23-46(44)67-51(47,49(43)48)64-27-4-2/h4,9,11-12,14-23,28-30,37,42,47-49,57-58H,2-3,5-8,10,13,24-27,31,33H2,1H3/t37-,42+,47-,48+,49+,51+/m0/s1. The first-order valence-electron chi connectivity index (χ1n) is 22.7. The van der Waals surface area contributed by atoms with Gasteiger partial charge in [-0.3, -0.25) is 25.0 Å². The number of oxime groups is 1. The summed E-state index contributed by atoms with van der Waals surface area (Å²) in [6.45, 7) is 6.37. The van der Waals surface area contributed by atoms with Crippen LogP contribution in [-0.2, 0) is 16.2 Å². The van der Waals surface area contributed by atoms with Crippen molar-refractivity contribution in [3.8, 4) is 23.3 Å². The summed E-state index contributed by atoms with van der Waals surface area (Å²) >= 11 is 0. The fourth-order valence-electron chi connectivity index (χ4n) is 9.90. The number of carbonyl (C=O) groups excluding carboxylic acids is 1. The Morgan fingerprint density at radius 3 is 2.34 bits per heavy atom. The third-order valence-electron chi connectivity index (χ3n) is 12.8. The number of aliphatic hydroxyl groups excluding tert-OH is 2. The van der Waals surface area contributed by atoms with Crippen LogP contribution >= 0.6 is 0 Å². The largest absolute Gasteiger partial charge is 0.459 e. The number of ether oxygens (including phenoxy) is 3. The zero-order chi connectivity index (χ0) is 47.5. The first-order chi connectivity index (χ1) is 32.5. The van der Waals surface area contributed by atoms with Crippen LogP contribution in [0.5, 0.6) is 17.2 Å². The summed E-state index contributed by atoms with van der Waals surface area (Å²) in [5.41, 5.74) is 3.41. The Kier molecular flexibility index (Phi) is 15.8. The lowest BCUT2D eigenvalue weighted by Crippen LogP contribution is -2.70. The summed E-state index contributed by atoms with van der Waals surface area (Å²) in [4.78, 5) is 45.0. The predicted molar refractivity (Wildman–Crippen MR) is 248 cm³/mol. The Balaban J connectivity index is 1.44. The molecule has 2 aliphatic carbocycles. The van der Waals surface area contributed by atoms with E-state index in [9.17, 15) is 40.5 Å². The monoisotopic (exact) mass is 913 g/mol. The Bertz CT molecular complexity index is 2520. The average molecular weight is 914 g/mol. The maximum atomic E-state index is 15.0. The first kappa shape index (κ1) is 48.0. The van der Waals surface area contributed by atoms with E-state index in [1.54, 1.807) is 71.6 Å². The summed E-state index contributed by atoms with van der Waals surface area (Å²) in [5.74, 6) is -1.81. The minimum absolute atomic E-state index is 0.00408. The van der Waals surface area contributed by atoms with E-state index in [1.807, 2.05) is 13.0 Å². The topological polar surface area (TPSA) is 220 Å². The van der Waals surface area contributed by atoms with E-state index in [0.29, 0.717) is 72.5 Å². The lowest BCUT2D eigenvalue weighted by molar-refractivity contribution is -0.385. The van der Waals surface area contributed by atoms with Crippen molar-refractivity contribution in [2.45, 2.75) is 82.6 Å². The number of non-ortho nitro benzene ring substituents is 2. The number of nitrogens with zero attached hydrogens (tertiary/aromatic N) is 5. The quantitative estimate of drug-likeness (QED) is 0.0326. The Morgan fingerprint density at radius 2 is 1.67 bits per heavy atom. The van der Waals surface area contributed by atoms with Gasteiger partial charge in [0.2, 0.25) is 5.79 Å². The number of hydrogen-bond acceptors (Lipinski definition) is 13. The number of amides is 1. The fraction of sp³-hybridized carbons (Fsp3) is 0.392. The van der Waals surface area contributed by atoms with E-state index < -0.39 is 27.6 Å². The van der Waals surface area contributed by atoms with Crippen molar-refractivity contribution < 1.29 is 43.9 Å². The minimum atomic E-state index is -1.54. The highest BCUT2D eigenvalue weighted by Crippen LogP contribution is 2.62. The number of aliphatic hydroxyl groups is 2. The molecule has 16 heteroatoms. The second-order valence-electron chi connectivity index (χ2n) is 17.0. The van der Waals surface area contributed by atoms with Crippen molar-refractivity contribution >= 4 is 23.0 Å². The SMILES string of the molecule is C=CCO[C@@]12Oc3ccc(Oc4cccc([N+](=O)[O-])c4)cc3[C@H]3[C@H](CCCCO)[C@@H](CCCCO)C=C(C(=NOCc4ccc([N+](=O)[O-])cc4)C[C@@H]1N(CCC)C(=O)c1ccc(C#N)cc1)[C@H]32. The van der Waals surface area contributed by atoms with E-state index in [0.717, 1.165) is 24.0 Å². The Morgan fingerprint density at radius 1 is 0.955 bits per heavy atom. The van der Waals surface area contributed by atoms with E-state index in [4.69, 9.17) is 24.2 Å². The van der Waals surface area contributed by atoms with Crippen LogP contribution in [0.1, 0.15) is 91.3 Å². The fourth-order valence-corrected chi connectivity index (χ4v) is 9.90. The van der Waals surface area contributed by atoms with Crippen LogP contribution in [0.15, 0.2) is 120 Å². The van der Waals surface area contributed by atoms with E-state index >= 15 is 0 Å². The molecule has 0 spiro atoms. The lowest BCUT2D eigenvalue weighted by atomic mass is 9.55. The Hall–Kier alpha value is -6.93. The zero-order valence-corrected chi connectivity index (χ0v) is 37.4. The smallest absolute Gasteiger partial charge is 0.273 e. The molecule has 2 N–H and O–H groups in total. The van der Waals surface area contributed by atoms with Crippen molar-refractivity contribution in [3.05, 3.63) is 158 Å². The van der Waals surface area contributed by atoms with Crippen molar-refractivity contribution in [2.24, 2.45) is 22.9 Å². The second-order valence-corrected chi connectivity index (χ2v) is 17.0. The normalized spacial score (nSPS) is 22.0. The molecule has 4 aromatic rings. The third-order valence-corrected chi connectivity index (χ3v) is 12.8. The van der Waals surface area contributed by atoms with Crippen molar-refractivity contribution in [3.63, 3.8) is 0 Å². The molecule has 3 aliphatic rings. The summed E-state index contributed by atoms with van der Waals surface area (Å²) < 4.78 is 20.7. The Labute approximate surface area is 389 Å². The molecule has 0 bridgehead atoms. The van der Waals surface area contributed by atoms with E-state index in [2.05, 4.69) is 18.7 Å². The lowest BCUT2D eigenvalue weighted by Gasteiger charge is -2.60. The molecule has 1 amide bonds. The molecule has 1 fully saturated rings. The van der Waals surface area contributed by atoms with Crippen LogP contribution in [0.2, 0.25) is 0 Å². The van der Waals surface area contributed by atoms with Crippen LogP contribution in [0, 0.1) is 49.3 Å². The highest BCUT2D eigenvalue weighted by atomic mass is 16.7. The molecule has 6 atom stereocenters. The first-order valence-corrected chi connectivity index (χ1v) is 22.7. The van der Waals surface area contributed by atoms with Gasteiger partial charge in [0.05, 0.1) is 45.8 Å². The number of benzene rings is 4. The number of fused-ring (bicyclic) bond motifs is 2. The summed E-state index contributed by atoms with van der Waals surface area (Å²) in [6.07, 6.45) is 8.58. The van der Waals surface area contributed by atoms with Crippen molar-refractivity contribution in [1.29, 1.82) is 5.26 Å². The molecule has 7 rings (SSSR count). The average Bonchev–Trinajstić information content (AvgIpc) is 3.34. The number of allylic oxidation sites excluding steroid dienone is 1. The van der Waals surface area contributed by atoms with Gasteiger partial charge in [0, 0.05) is 61.4 Å². The second kappa shape index (κ2) is 22.0. The highest BCUT2D eigenvalue weighted by molar-refractivity contribution is 6.03. The molecule has 4 aromatic carbocycles. The van der Waals surface area contributed by atoms with Crippen LogP contribution in [0.25, 0.3) is 0 Å². The van der Waals surface area contributed by atoms with Gasteiger partial charge >= 0.3 is 0 Å². The molecule has 1 aliphatic heterocycles. The van der Waals surface area contributed by atoms with Gasteiger partial charge in [-0.1, -0.05) is 43.1 Å². The van der Waals surface area contributed by atoms with Gasteiger partial charge < -0.3 is 34.2 Å².